The Labute approximate surface area is 188 Å². The van der Waals surface area contributed by atoms with Crippen molar-refractivity contribution in [2.24, 2.45) is 0 Å². The molecule has 0 unspecified atom stereocenters. The number of aromatic amines is 1. The van der Waals surface area contributed by atoms with E-state index in [1.165, 1.54) is 6.92 Å². The summed E-state index contributed by atoms with van der Waals surface area (Å²) >= 11 is 7.54. The van der Waals surface area contributed by atoms with Crippen LogP contribution in [0, 0.1) is 0 Å². The second-order valence-electron chi connectivity index (χ2n) is 6.86. The molecule has 2 heterocycles. The van der Waals surface area contributed by atoms with E-state index in [2.05, 4.69) is 20.6 Å². The number of anilines is 2. The number of pyridine rings is 1. The van der Waals surface area contributed by atoms with Crippen molar-refractivity contribution in [1.82, 2.24) is 9.97 Å². The van der Waals surface area contributed by atoms with Gasteiger partial charge in [0.05, 0.1) is 5.56 Å². The quantitative estimate of drug-likeness (QED) is 0.328. The maximum absolute atomic E-state index is 12.9. The summed E-state index contributed by atoms with van der Waals surface area (Å²) in [7, 11) is 0. The molecular weight excluding hydrogens is 432 g/mol. The molecule has 0 aliphatic heterocycles. The Kier molecular flexibility index (Phi) is 6.25. The number of carbonyl (C=O) groups is 2. The zero-order chi connectivity index (χ0) is 21.8. The van der Waals surface area contributed by atoms with Crippen molar-refractivity contribution >= 4 is 57.6 Å². The number of nitrogens with one attached hydrogen (secondary N) is 3. The average Bonchev–Trinajstić information content (AvgIpc) is 3.19. The number of rotatable bonds is 6. The second kappa shape index (κ2) is 9.24. The molecule has 0 saturated heterocycles. The number of thioether (sulfide) groups is 1. The maximum Gasteiger partial charge on any atom is 0.257 e. The van der Waals surface area contributed by atoms with Gasteiger partial charge in [-0.05, 0) is 54.1 Å². The lowest BCUT2D eigenvalue weighted by Crippen LogP contribution is -2.11. The highest BCUT2D eigenvalue weighted by molar-refractivity contribution is 7.98. The van der Waals surface area contributed by atoms with E-state index in [9.17, 15) is 9.59 Å². The van der Waals surface area contributed by atoms with E-state index in [-0.39, 0.29) is 11.8 Å². The molecule has 4 aromatic rings. The molecule has 156 valence electrons. The van der Waals surface area contributed by atoms with Crippen LogP contribution in [0.4, 0.5) is 11.5 Å². The molecule has 0 spiro atoms. The Balaban J connectivity index is 1.56. The first-order valence-corrected chi connectivity index (χ1v) is 10.9. The molecular formula is C23H19ClN4O2S. The van der Waals surface area contributed by atoms with E-state index in [1.807, 2.05) is 30.3 Å². The highest BCUT2D eigenvalue weighted by Gasteiger charge is 2.16. The van der Waals surface area contributed by atoms with Crippen molar-refractivity contribution < 1.29 is 9.59 Å². The minimum absolute atomic E-state index is 0.161. The molecule has 2 aromatic carbocycles. The van der Waals surface area contributed by atoms with Crippen molar-refractivity contribution in [2.75, 3.05) is 10.6 Å². The molecule has 0 aliphatic rings. The van der Waals surface area contributed by atoms with Crippen LogP contribution in [0.1, 0.15) is 22.8 Å². The van der Waals surface area contributed by atoms with Gasteiger partial charge >= 0.3 is 0 Å². The first kappa shape index (κ1) is 21.0. The number of amides is 2. The third kappa shape index (κ3) is 5.07. The fraction of sp³-hybridized carbons (Fsp3) is 0.0870. The largest absolute Gasteiger partial charge is 0.360 e. The molecule has 0 aliphatic carbocycles. The van der Waals surface area contributed by atoms with Crippen LogP contribution >= 0.6 is 23.4 Å². The van der Waals surface area contributed by atoms with Crippen LogP contribution in [0.5, 0.6) is 0 Å². The van der Waals surface area contributed by atoms with Crippen molar-refractivity contribution in [2.45, 2.75) is 17.6 Å². The van der Waals surface area contributed by atoms with Gasteiger partial charge in [0.15, 0.2) is 0 Å². The summed E-state index contributed by atoms with van der Waals surface area (Å²) in [6, 6.07) is 16.6. The van der Waals surface area contributed by atoms with E-state index in [0.717, 1.165) is 21.4 Å². The van der Waals surface area contributed by atoms with Gasteiger partial charge in [-0.15, -0.1) is 11.8 Å². The zero-order valence-electron chi connectivity index (χ0n) is 16.6. The number of H-pyrrole nitrogens is 1. The third-order valence-electron chi connectivity index (χ3n) is 4.54. The molecule has 0 fully saturated rings. The van der Waals surface area contributed by atoms with Crippen molar-refractivity contribution in [1.29, 1.82) is 0 Å². The van der Waals surface area contributed by atoms with E-state index in [0.29, 0.717) is 27.8 Å². The van der Waals surface area contributed by atoms with Gasteiger partial charge in [0.1, 0.15) is 5.82 Å². The molecule has 2 aromatic heterocycles. The number of nitrogens with zero attached hydrogens (tertiary/aromatic N) is 1. The predicted molar refractivity (Wildman–Crippen MR) is 126 cm³/mol. The molecule has 2 amide bonds. The van der Waals surface area contributed by atoms with Gasteiger partial charge in [0, 0.05) is 51.6 Å². The van der Waals surface area contributed by atoms with Crippen LogP contribution in [0.3, 0.4) is 0 Å². The average molecular weight is 451 g/mol. The molecule has 8 heteroatoms. The minimum Gasteiger partial charge on any atom is -0.360 e. The zero-order valence-corrected chi connectivity index (χ0v) is 18.2. The smallest absolute Gasteiger partial charge is 0.257 e. The van der Waals surface area contributed by atoms with Gasteiger partial charge in [-0.2, -0.15) is 0 Å². The summed E-state index contributed by atoms with van der Waals surface area (Å²) < 4.78 is 0. The number of hydrogen-bond donors (Lipinski definition) is 3. The lowest BCUT2D eigenvalue weighted by Gasteiger charge is -2.08. The predicted octanol–water partition coefficient (Wildman–Crippen LogP) is 5.72. The molecule has 0 atom stereocenters. The molecule has 0 saturated carbocycles. The Morgan fingerprint density at radius 1 is 1.10 bits per heavy atom. The normalized spacial score (nSPS) is 10.8. The topological polar surface area (TPSA) is 86.9 Å². The van der Waals surface area contributed by atoms with Gasteiger partial charge in [-0.3, -0.25) is 9.59 Å². The van der Waals surface area contributed by atoms with E-state index < -0.39 is 0 Å². The van der Waals surface area contributed by atoms with Crippen LogP contribution in [-0.2, 0) is 10.5 Å². The Morgan fingerprint density at radius 2 is 1.90 bits per heavy atom. The summed E-state index contributed by atoms with van der Waals surface area (Å²) in [5, 5.41) is 7.09. The van der Waals surface area contributed by atoms with Gasteiger partial charge in [-0.1, -0.05) is 17.7 Å². The van der Waals surface area contributed by atoms with Crippen LogP contribution < -0.4 is 10.6 Å². The van der Waals surface area contributed by atoms with E-state index in [4.69, 9.17) is 11.6 Å². The number of halogens is 1. The SMILES string of the molecule is CC(=O)Nc1cc(CSc2cccc3[nH]cc(C(=O)Nc4ccc(Cl)cc4)c23)ccn1. The Morgan fingerprint density at radius 3 is 2.68 bits per heavy atom. The number of aromatic nitrogens is 2. The maximum atomic E-state index is 12.9. The molecule has 0 radical (unpaired) electrons. The molecule has 6 nitrogen and oxygen atoms in total. The highest BCUT2D eigenvalue weighted by Crippen LogP contribution is 2.33. The lowest BCUT2D eigenvalue weighted by molar-refractivity contribution is -0.114. The van der Waals surface area contributed by atoms with Crippen LogP contribution in [0.15, 0.2) is 71.9 Å². The Bertz CT molecular complexity index is 1250. The van der Waals surface area contributed by atoms with Crippen molar-refractivity contribution in [3.05, 3.63) is 83.1 Å². The standard InChI is InChI=1S/C23H19ClN4O2S/c1-14(29)27-21-11-15(9-10-25-21)13-31-20-4-2-3-19-22(20)18(12-26-19)23(30)28-17-7-5-16(24)6-8-17/h2-12,26H,13H2,1H3,(H,28,30)(H,25,27,29). The van der Waals surface area contributed by atoms with Crippen LogP contribution in [0.2, 0.25) is 5.02 Å². The van der Waals surface area contributed by atoms with Crippen LogP contribution in [0.25, 0.3) is 10.9 Å². The highest BCUT2D eigenvalue weighted by atomic mass is 35.5. The summed E-state index contributed by atoms with van der Waals surface area (Å²) in [5.74, 6) is 0.829. The molecule has 31 heavy (non-hydrogen) atoms. The first-order valence-electron chi connectivity index (χ1n) is 9.52. The van der Waals surface area contributed by atoms with E-state index in [1.54, 1.807) is 48.4 Å². The minimum atomic E-state index is -0.196. The van der Waals surface area contributed by atoms with Crippen LogP contribution in [-0.4, -0.2) is 21.8 Å². The summed E-state index contributed by atoms with van der Waals surface area (Å²) in [4.78, 5) is 32.5. The van der Waals surface area contributed by atoms with Gasteiger partial charge in [-0.25, -0.2) is 4.98 Å². The first-order chi connectivity index (χ1) is 15.0. The molecule has 0 bridgehead atoms. The van der Waals surface area contributed by atoms with E-state index >= 15 is 0 Å². The molecule has 3 N–H and O–H groups in total. The number of hydrogen-bond acceptors (Lipinski definition) is 4. The lowest BCUT2D eigenvalue weighted by atomic mass is 10.1. The Hall–Kier alpha value is -3.29. The summed E-state index contributed by atoms with van der Waals surface area (Å²) in [6.45, 7) is 1.45. The number of carbonyl (C=O) groups excluding carboxylic acids is 2. The fourth-order valence-electron chi connectivity index (χ4n) is 3.16. The van der Waals surface area contributed by atoms with Gasteiger partial charge in [0.2, 0.25) is 5.91 Å². The monoisotopic (exact) mass is 450 g/mol. The van der Waals surface area contributed by atoms with Crippen molar-refractivity contribution in [3.63, 3.8) is 0 Å². The summed E-state index contributed by atoms with van der Waals surface area (Å²) in [5.41, 5.74) is 3.15. The summed E-state index contributed by atoms with van der Waals surface area (Å²) in [6.07, 6.45) is 3.39. The fourth-order valence-corrected chi connectivity index (χ4v) is 4.32. The van der Waals surface area contributed by atoms with Gasteiger partial charge < -0.3 is 15.6 Å². The van der Waals surface area contributed by atoms with Crippen molar-refractivity contribution in [3.8, 4) is 0 Å². The number of benzene rings is 2. The molecule has 4 rings (SSSR count). The second-order valence-corrected chi connectivity index (χ2v) is 8.31. The van der Waals surface area contributed by atoms with Gasteiger partial charge in [0.25, 0.3) is 5.91 Å². The third-order valence-corrected chi connectivity index (χ3v) is 5.92. The number of fused-ring (bicyclic) bond motifs is 1.